The Morgan fingerprint density at radius 2 is 2.16 bits per heavy atom. The summed E-state index contributed by atoms with van der Waals surface area (Å²) >= 11 is 0. The van der Waals surface area contributed by atoms with Crippen LogP contribution < -0.4 is 10.2 Å². The van der Waals surface area contributed by atoms with Crippen molar-refractivity contribution in [2.24, 2.45) is 7.05 Å². The molecule has 25 heavy (non-hydrogen) atoms. The van der Waals surface area contributed by atoms with Gasteiger partial charge in [-0.25, -0.2) is 4.79 Å². The van der Waals surface area contributed by atoms with E-state index in [0.717, 1.165) is 37.2 Å². The molecule has 134 valence electrons. The Hall–Kier alpha value is -2.57. The third-order valence-electron chi connectivity index (χ3n) is 4.90. The highest BCUT2D eigenvalue weighted by molar-refractivity contribution is 5.75. The van der Waals surface area contributed by atoms with Crippen LogP contribution in [0.5, 0.6) is 0 Å². The number of hydrogen-bond donors (Lipinski definition) is 1. The van der Waals surface area contributed by atoms with Gasteiger partial charge < -0.3 is 15.1 Å². The minimum atomic E-state index is -0.0395. The molecule has 2 amide bonds. The lowest BCUT2D eigenvalue weighted by Gasteiger charge is -2.35. The van der Waals surface area contributed by atoms with Crippen molar-refractivity contribution in [2.75, 3.05) is 25.0 Å². The molecule has 0 aromatic carbocycles. The van der Waals surface area contributed by atoms with E-state index in [9.17, 15) is 4.79 Å². The van der Waals surface area contributed by atoms with Crippen LogP contribution in [0, 0.1) is 0 Å². The zero-order chi connectivity index (χ0) is 17.8. The van der Waals surface area contributed by atoms with Gasteiger partial charge in [-0.2, -0.15) is 5.10 Å². The molecule has 1 saturated heterocycles. The fourth-order valence-corrected chi connectivity index (χ4v) is 3.22. The predicted octanol–water partition coefficient (Wildman–Crippen LogP) is 2.19. The van der Waals surface area contributed by atoms with Gasteiger partial charge in [0.1, 0.15) is 0 Å². The average molecular weight is 342 g/mol. The number of aromatic nitrogens is 3. The zero-order valence-electron chi connectivity index (χ0n) is 15.1. The van der Waals surface area contributed by atoms with Crippen LogP contribution in [-0.2, 0) is 7.05 Å². The van der Waals surface area contributed by atoms with Crippen LogP contribution in [0.25, 0.3) is 0 Å². The number of carbonyl (C=O) groups excluding carboxylic acids is 1. The van der Waals surface area contributed by atoms with Gasteiger partial charge in [0.15, 0.2) is 0 Å². The van der Waals surface area contributed by atoms with Crippen LogP contribution in [0.4, 0.5) is 10.5 Å². The molecule has 1 N–H and O–H groups in total. The van der Waals surface area contributed by atoms with E-state index in [0.29, 0.717) is 0 Å². The Morgan fingerprint density at radius 1 is 1.40 bits per heavy atom. The number of carbonyl (C=O) groups is 1. The van der Waals surface area contributed by atoms with Gasteiger partial charge in [0.25, 0.3) is 0 Å². The summed E-state index contributed by atoms with van der Waals surface area (Å²) in [5.74, 6) is 0. The van der Waals surface area contributed by atoms with Gasteiger partial charge in [-0.1, -0.05) is 0 Å². The minimum Gasteiger partial charge on any atom is -0.367 e. The third kappa shape index (κ3) is 4.10. The second-order valence-electron chi connectivity index (χ2n) is 6.67. The molecule has 0 unspecified atom stereocenters. The molecule has 2 aromatic heterocycles. The first-order valence-electron chi connectivity index (χ1n) is 8.71. The van der Waals surface area contributed by atoms with E-state index in [2.05, 4.69) is 20.3 Å². The highest BCUT2D eigenvalue weighted by atomic mass is 16.2. The quantitative estimate of drug-likeness (QED) is 0.925. The van der Waals surface area contributed by atoms with Crippen molar-refractivity contribution in [1.29, 1.82) is 0 Å². The topological polar surface area (TPSA) is 66.3 Å². The first kappa shape index (κ1) is 17.3. The molecule has 0 bridgehead atoms. The number of rotatable bonds is 4. The van der Waals surface area contributed by atoms with E-state index in [1.807, 2.05) is 50.2 Å². The normalized spacial score (nSPS) is 18.7. The molecule has 3 heterocycles. The molecule has 1 aliphatic heterocycles. The zero-order valence-corrected chi connectivity index (χ0v) is 15.1. The van der Waals surface area contributed by atoms with E-state index in [-0.39, 0.29) is 18.1 Å². The number of nitrogens with one attached hydrogen (secondary N) is 1. The summed E-state index contributed by atoms with van der Waals surface area (Å²) in [5, 5.41) is 7.42. The fraction of sp³-hybridized carbons (Fsp3) is 0.500. The summed E-state index contributed by atoms with van der Waals surface area (Å²) in [4.78, 5) is 20.7. The van der Waals surface area contributed by atoms with Crippen molar-refractivity contribution in [3.8, 4) is 0 Å². The van der Waals surface area contributed by atoms with Crippen molar-refractivity contribution in [3.05, 3.63) is 42.5 Å². The maximum absolute atomic E-state index is 12.6. The lowest BCUT2D eigenvalue weighted by Crippen LogP contribution is -2.51. The van der Waals surface area contributed by atoms with Crippen LogP contribution in [0.3, 0.4) is 0 Å². The number of aryl methyl sites for hydroxylation is 1. The second kappa shape index (κ2) is 7.55. The second-order valence-corrected chi connectivity index (χ2v) is 6.67. The molecule has 0 aliphatic carbocycles. The molecule has 1 fully saturated rings. The Kier molecular flexibility index (Phi) is 5.21. The number of urea groups is 1. The summed E-state index contributed by atoms with van der Waals surface area (Å²) in [5.41, 5.74) is 2.19. The average Bonchev–Trinajstić information content (AvgIpc) is 3.08. The molecule has 3 rings (SSSR count). The lowest BCUT2D eigenvalue weighted by molar-refractivity contribution is 0.188. The molecule has 0 saturated carbocycles. The Labute approximate surface area is 148 Å². The van der Waals surface area contributed by atoms with E-state index in [4.69, 9.17) is 0 Å². The molecule has 2 aromatic rings. The first-order valence-corrected chi connectivity index (χ1v) is 8.71. The van der Waals surface area contributed by atoms with Gasteiger partial charge in [-0.05, 0) is 37.5 Å². The van der Waals surface area contributed by atoms with Gasteiger partial charge in [-0.3, -0.25) is 9.67 Å². The van der Waals surface area contributed by atoms with E-state index < -0.39 is 0 Å². The number of hydrogen-bond acceptors (Lipinski definition) is 4. The van der Waals surface area contributed by atoms with E-state index in [1.165, 1.54) is 0 Å². The molecule has 0 spiro atoms. The largest absolute Gasteiger partial charge is 0.367 e. The Morgan fingerprint density at radius 3 is 2.84 bits per heavy atom. The summed E-state index contributed by atoms with van der Waals surface area (Å²) in [6.45, 7) is 3.84. The predicted molar refractivity (Wildman–Crippen MR) is 97.4 cm³/mol. The summed E-state index contributed by atoms with van der Waals surface area (Å²) in [7, 11) is 3.75. The van der Waals surface area contributed by atoms with Crippen LogP contribution in [0.15, 0.2) is 36.9 Å². The molecular formula is C18H26N6O. The van der Waals surface area contributed by atoms with Gasteiger partial charge in [0.05, 0.1) is 17.9 Å². The van der Waals surface area contributed by atoms with Crippen molar-refractivity contribution in [3.63, 3.8) is 0 Å². The van der Waals surface area contributed by atoms with Gasteiger partial charge in [0, 0.05) is 51.8 Å². The van der Waals surface area contributed by atoms with Crippen molar-refractivity contribution >= 4 is 11.7 Å². The van der Waals surface area contributed by atoms with E-state index in [1.54, 1.807) is 17.3 Å². The molecule has 2 atom stereocenters. The van der Waals surface area contributed by atoms with Crippen LogP contribution in [-0.4, -0.2) is 51.9 Å². The van der Waals surface area contributed by atoms with Crippen LogP contribution in [0.2, 0.25) is 0 Å². The maximum atomic E-state index is 12.6. The molecule has 7 nitrogen and oxygen atoms in total. The highest BCUT2D eigenvalue weighted by Gasteiger charge is 2.25. The first-order chi connectivity index (χ1) is 12.0. The SMILES string of the molecule is C[C@H](c1ccncc1)N(C)C(=O)N[C@H]1CCCN(c2cnn(C)c2)C1. The standard InChI is InChI=1S/C18H26N6O/c1-14(15-6-8-19-9-7-15)23(3)18(25)21-16-5-4-10-24(12-16)17-11-20-22(2)13-17/h6-9,11,13-14,16H,4-5,10,12H2,1-3H3,(H,21,25)/t14-,16+/m1/s1. The van der Waals surface area contributed by atoms with Crippen LogP contribution >= 0.6 is 0 Å². The summed E-state index contributed by atoms with van der Waals surface area (Å²) in [6, 6.07) is 4.00. The Balaban J connectivity index is 1.58. The minimum absolute atomic E-state index is 0.000942. The molecular weight excluding hydrogens is 316 g/mol. The molecule has 7 heteroatoms. The Bertz CT molecular complexity index is 701. The number of piperidine rings is 1. The smallest absolute Gasteiger partial charge is 0.317 e. The third-order valence-corrected chi connectivity index (χ3v) is 4.90. The van der Waals surface area contributed by atoms with Gasteiger partial charge in [-0.15, -0.1) is 0 Å². The van der Waals surface area contributed by atoms with Gasteiger partial charge >= 0.3 is 6.03 Å². The maximum Gasteiger partial charge on any atom is 0.317 e. The van der Waals surface area contributed by atoms with Crippen molar-refractivity contribution in [1.82, 2.24) is 25.0 Å². The van der Waals surface area contributed by atoms with Gasteiger partial charge in [0.2, 0.25) is 0 Å². The van der Waals surface area contributed by atoms with E-state index >= 15 is 0 Å². The number of pyridine rings is 1. The van der Waals surface area contributed by atoms with Crippen molar-refractivity contribution in [2.45, 2.75) is 31.8 Å². The molecule has 0 radical (unpaired) electrons. The molecule has 1 aliphatic rings. The monoisotopic (exact) mass is 342 g/mol. The summed E-state index contributed by atoms with van der Waals surface area (Å²) < 4.78 is 1.81. The summed E-state index contributed by atoms with van der Waals surface area (Å²) in [6.07, 6.45) is 9.46. The fourth-order valence-electron chi connectivity index (χ4n) is 3.22. The number of amides is 2. The highest BCUT2D eigenvalue weighted by Crippen LogP contribution is 2.21. The number of anilines is 1. The lowest BCUT2D eigenvalue weighted by atomic mass is 10.1. The van der Waals surface area contributed by atoms with Crippen molar-refractivity contribution < 1.29 is 4.79 Å². The number of nitrogens with zero attached hydrogens (tertiary/aromatic N) is 5. The van der Waals surface area contributed by atoms with Crippen LogP contribution in [0.1, 0.15) is 31.4 Å².